The fourth-order valence-corrected chi connectivity index (χ4v) is 7.14. The molecule has 2 fully saturated rings. The van der Waals surface area contributed by atoms with Gasteiger partial charge in [-0.25, -0.2) is 4.98 Å². The first-order valence-electron chi connectivity index (χ1n) is 15.8. The normalized spacial score (nSPS) is 19.9. The molecule has 2 saturated heterocycles. The van der Waals surface area contributed by atoms with E-state index in [1.165, 1.54) is 53.7 Å². The van der Waals surface area contributed by atoms with Crippen molar-refractivity contribution < 1.29 is 5.11 Å². The molecule has 0 bridgehead atoms. The second-order valence-corrected chi connectivity index (χ2v) is 12.4. The van der Waals surface area contributed by atoms with E-state index in [1.54, 1.807) is 0 Å². The molecular formula is C33H45N7O. The van der Waals surface area contributed by atoms with Crippen molar-refractivity contribution in [3.8, 4) is 0 Å². The summed E-state index contributed by atoms with van der Waals surface area (Å²) < 4.78 is 2.52. The van der Waals surface area contributed by atoms with Crippen molar-refractivity contribution >= 4 is 44.2 Å². The molecule has 3 aliphatic heterocycles. The number of para-hydroxylation sites is 1. The van der Waals surface area contributed by atoms with E-state index >= 15 is 0 Å². The molecule has 2 N–H and O–H groups in total. The molecule has 2 aromatic carbocycles. The number of aryl methyl sites for hydroxylation is 1. The minimum Gasteiger partial charge on any atom is -0.393 e. The number of anilines is 2. The molecule has 218 valence electrons. The zero-order valence-corrected chi connectivity index (χ0v) is 24.6. The average molecular weight is 556 g/mol. The maximum absolute atomic E-state index is 9.98. The summed E-state index contributed by atoms with van der Waals surface area (Å²) in [5.74, 6) is 0. The Labute approximate surface area is 243 Å². The second-order valence-electron chi connectivity index (χ2n) is 12.4. The number of fused-ring (bicyclic) bond motifs is 5. The van der Waals surface area contributed by atoms with Crippen LogP contribution in [0.2, 0.25) is 0 Å². The molecule has 0 atom stereocenters. The number of likely N-dealkylation sites (tertiary alicyclic amines) is 1. The van der Waals surface area contributed by atoms with Gasteiger partial charge >= 0.3 is 0 Å². The van der Waals surface area contributed by atoms with E-state index in [0.717, 1.165) is 94.8 Å². The molecule has 5 heterocycles. The van der Waals surface area contributed by atoms with Crippen molar-refractivity contribution in [1.82, 2.24) is 24.3 Å². The summed E-state index contributed by atoms with van der Waals surface area (Å²) in [6, 6.07) is 15.6. The number of hydrogen-bond acceptors (Lipinski definition) is 7. The van der Waals surface area contributed by atoms with E-state index < -0.39 is 0 Å². The first-order valence-corrected chi connectivity index (χ1v) is 15.8. The predicted molar refractivity (Wildman–Crippen MR) is 170 cm³/mol. The van der Waals surface area contributed by atoms with E-state index in [4.69, 9.17) is 4.98 Å². The van der Waals surface area contributed by atoms with Gasteiger partial charge in [-0.2, -0.15) is 0 Å². The number of pyridine rings is 1. The number of hydrogen-bond donors (Lipinski definition) is 2. The number of aromatic nitrogens is 2. The minimum absolute atomic E-state index is 0.126. The molecule has 8 heteroatoms. The van der Waals surface area contributed by atoms with Gasteiger partial charge in [0.25, 0.3) is 0 Å². The van der Waals surface area contributed by atoms with Crippen LogP contribution in [0.1, 0.15) is 25.7 Å². The van der Waals surface area contributed by atoms with E-state index in [1.807, 2.05) is 0 Å². The topological polar surface area (TPSA) is 63.0 Å². The number of nitrogens with one attached hydrogen (secondary N) is 1. The summed E-state index contributed by atoms with van der Waals surface area (Å²) in [5.41, 5.74) is 7.29. The number of nitrogens with zero attached hydrogens (tertiary/aromatic N) is 6. The van der Waals surface area contributed by atoms with E-state index in [9.17, 15) is 5.11 Å². The highest BCUT2D eigenvalue weighted by molar-refractivity contribution is 6.17. The lowest BCUT2D eigenvalue weighted by atomic mass is 10.1. The zero-order chi connectivity index (χ0) is 27.8. The van der Waals surface area contributed by atoms with E-state index in [2.05, 4.69) is 79.0 Å². The summed E-state index contributed by atoms with van der Waals surface area (Å²) >= 11 is 0. The van der Waals surface area contributed by atoms with E-state index in [0.29, 0.717) is 0 Å². The predicted octanol–water partition coefficient (Wildman–Crippen LogP) is 4.06. The first-order chi connectivity index (χ1) is 20.1. The van der Waals surface area contributed by atoms with Crippen LogP contribution in [0.15, 0.2) is 42.5 Å². The summed E-state index contributed by atoms with van der Waals surface area (Å²) in [6.45, 7) is 12.9. The Balaban J connectivity index is 1.18. The number of piperazine rings is 1. The van der Waals surface area contributed by atoms with Crippen LogP contribution in [0.3, 0.4) is 0 Å². The van der Waals surface area contributed by atoms with Gasteiger partial charge in [-0.3, -0.25) is 0 Å². The highest BCUT2D eigenvalue weighted by Crippen LogP contribution is 2.41. The molecule has 0 amide bonds. The zero-order valence-electron chi connectivity index (χ0n) is 24.6. The molecule has 41 heavy (non-hydrogen) atoms. The van der Waals surface area contributed by atoms with Gasteiger partial charge in [-0.15, -0.1) is 0 Å². The van der Waals surface area contributed by atoms with Crippen molar-refractivity contribution in [2.45, 2.75) is 38.3 Å². The summed E-state index contributed by atoms with van der Waals surface area (Å²) in [5, 5.41) is 16.2. The molecule has 3 aliphatic rings. The van der Waals surface area contributed by atoms with Gasteiger partial charge in [0.05, 0.1) is 33.9 Å². The fourth-order valence-electron chi connectivity index (χ4n) is 7.14. The van der Waals surface area contributed by atoms with Crippen molar-refractivity contribution in [2.24, 2.45) is 0 Å². The largest absolute Gasteiger partial charge is 0.393 e. The quantitative estimate of drug-likeness (QED) is 0.318. The van der Waals surface area contributed by atoms with Gasteiger partial charge < -0.3 is 34.6 Å². The molecule has 0 saturated carbocycles. The Hall–Kier alpha value is -2.91. The van der Waals surface area contributed by atoms with Crippen LogP contribution in [0.4, 0.5) is 11.4 Å². The third-order valence-electron chi connectivity index (χ3n) is 9.60. The van der Waals surface area contributed by atoms with Crippen LogP contribution >= 0.6 is 0 Å². The van der Waals surface area contributed by atoms with Gasteiger partial charge in [0, 0.05) is 88.5 Å². The van der Waals surface area contributed by atoms with Gasteiger partial charge in [-0.1, -0.05) is 18.2 Å². The number of aliphatic hydroxyl groups excluding tert-OH is 1. The van der Waals surface area contributed by atoms with Crippen LogP contribution in [-0.4, -0.2) is 115 Å². The van der Waals surface area contributed by atoms with Gasteiger partial charge in [0.2, 0.25) is 0 Å². The molecule has 0 spiro atoms. The molecule has 7 rings (SSSR count). The van der Waals surface area contributed by atoms with Crippen molar-refractivity contribution in [2.75, 3.05) is 89.3 Å². The van der Waals surface area contributed by atoms with Crippen LogP contribution in [0, 0.1) is 0 Å². The highest BCUT2D eigenvalue weighted by Gasteiger charge is 2.26. The Bertz CT molecular complexity index is 1500. The monoisotopic (exact) mass is 555 g/mol. The van der Waals surface area contributed by atoms with Gasteiger partial charge in [0.1, 0.15) is 0 Å². The number of aliphatic hydroxyl groups is 1. The molecule has 0 aliphatic carbocycles. The molecular weight excluding hydrogens is 510 g/mol. The number of piperidine rings is 1. The lowest BCUT2D eigenvalue weighted by Crippen LogP contribution is -2.44. The standard InChI is InChI=1S/C33H45N7O/c1-36-18-20-37(21-19-36)13-4-12-34-25-8-9-27-29(24-25)35-31-28-6-2-3-7-30(28)40-15-5-14-39(32(27)33(31)40)23-22-38-16-10-26(41)11-17-38/h2-3,6-9,24,26,34,41H,4-5,10-23H2,1H3. The summed E-state index contributed by atoms with van der Waals surface area (Å²) in [6.07, 6.45) is 3.92. The molecule has 2 aromatic heterocycles. The molecule has 4 aromatic rings. The summed E-state index contributed by atoms with van der Waals surface area (Å²) in [4.78, 5) is 15.5. The average Bonchev–Trinajstić information content (AvgIpc) is 3.17. The number of benzene rings is 2. The highest BCUT2D eigenvalue weighted by atomic mass is 16.3. The van der Waals surface area contributed by atoms with Crippen LogP contribution < -0.4 is 10.2 Å². The number of likely N-dealkylation sites (N-methyl/N-ethyl adjacent to an activating group) is 1. The van der Waals surface area contributed by atoms with Crippen LogP contribution in [0.5, 0.6) is 0 Å². The van der Waals surface area contributed by atoms with Crippen LogP contribution in [0.25, 0.3) is 32.8 Å². The SMILES string of the molecule is CN1CCN(CCCNc2ccc3c4c5c(nc3c2)c2ccccc2n5CCCN4CCN2CCC(O)CC2)CC1. The Morgan fingerprint density at radius 1 is 0.854 bits per heavy atom. The van der Waals surface area contributed by atoms with E-state index in [-0.39, 0.29) is 6.10 Å². The second kappa shape index (κ2) is 11.8. The van der Waals surface area contributed by atoms with Crippen molar-refractivity contribution in [3.05, 3.63) is 42.5 Å². The minimum atomic E-state index is -0.126. The first kappa shape index (κ1) is 27.0. The third-order valence-corrected chi connectivity index (χ3v) is 9.60. The van der Waals surface area contributed by atoms with Gasteiger partial charge in [0.15, 0.2) is 0 Å². The fraction of sp³-hybridized carbons (Fsp3) is 0.545. The summed E-state index contributed by atoms with van der Waals surface area (Å²) in [7, 11) is 2.22. The Morgan fingerprint density at radius 2 is 1.66 bits per heavy atom. The smallest absolute Gasteiger partial charge is 0.0988 e. The Morgan fingerprint density at radius 3 is 2.51 bits per heavy atom. The van der Waals surface area contributed by atoms with Crippen molar-refractivity contribution in [1.29, 1.82) is 0 Å². The number of rotatable bonds is 8. The third kappa shape index (κ3) is 5.50. The van der Waals surface area contributed by atoms with Crippen molar-refractivity contribution in [3.63, 3.8) is 0 Å². The maximum atomic E-state index is 9.98. The molecule has 8 nitrogen and oxygen atoms in total. The Kier molecular flexibility index (Phi) is 7.73. The molecule has 0 radical (unpaired) electrons. The lowest BCUT2D eigenvalue weighted by molar-refractivity contribution is 0.0838. The molecule has 0 unspecified atom stereocenters. The van der Waals surface area contributed by atoms with Crippen LogP contribution in [-0.2, 0) is 6.54 Å². The lowest BCUT2D eigenvalue weighted by Gasteiger charge is -2.33. The van der Waals surface area contributed by atoms with Gasteiger partial charge in [-0.05, 0) is 63.5 Å². The maximum Gasteiger partial charge on any atom is 0.0988 e.